The number of carbonyl (C=O) groups is 3. The molecule has 0 saturated carbocycles. The van der Waals surface area contributed by atoms with Gasteiger partial charge in [0, 0.05) is 12.8 Å². The molecule has 302 valence electrons. The third kappa shape index (κ3) is 36.9. The van der Waals surface area contributed by atoms with Crippen LogP contribution in [0.5, 0.6) is 0 Å². The molecule has 53 heavy (non-hydrogen) atoms. The van der Waals surface area contributed by atoms with E-state index in [4.69, 9.17) is 10.5 Å². The number of carbonyl (C=O) groups excluding carboxylic acids is 2. The zero-order valence-corrected chi connectivity index (χ0v) is 33.8. The topological polar surface area (TPSA) is 119 Å². The van der Waals surface area contributed by atoms with Gasteiger partial charge in [-0.05, 0) is 109 Å². The number of nitrogens with two attached hydrogens (primary N) is 1. The molecular weight excluding hydrogens is 661 g/mol. The van der Waals surface area contributed by atoms with Gasteiger partial charge in [-0.25, -0.2) is 4.79 Å². The predicted octanol–water partition coefficient (Wildman–Crippen LogP) is 11.9. The first kappa shape index (κ1) is 49.8. The van der Waals surface area contributed by atoms with Gasteiger partial charge in [0.15, 0.2) is 0 Å². The highest BCUT2D eigenvalue weighted by atomic mass is 16.5. The van der Waals surface area contributed by atoms with E-state index in [9.17, 15) is 19.5 Å². The molecule has 0 aromatic heterocycles. The van der Waals surface area contributed by atoms with Crippen LogP contribution < -0.4 is 11.1 Å². The van der Waals surface area contributed by atoms with Crippen LogP contribution in [0.1, 0.15) is 181 Å². The summed E-state index contributed by atoms with van der Waals surface area (Å²) in [6, 6.07) is -0.914. The zero-order chi connectivity index (χ0) is 38.9. The zero-order valence-electron chi connectivity index (χ0n) is 33.8. The van der Waals surface area contributed by atoms with Crippen LogP contribution in [0.15, 0.2) is 72.9 Å². The minimum absolute atomic E-state index is 0.175. The summed E-state index contributed by atoms with van der Waals surface area (Å²) in [5.74, 6) is -1.50. The Hall–Kier alpha value is -3.19. The van der Waals surface area contributed by atoms with E-state index < -0.39 is 12.0 Å². The van der Waals surface area contributed by atoms with Gasteiger partial charge in [0.1, 0.15) is 12.1 Å². The van der Waals surface area contributed by atoms with E-state index in [1.807, 2.05) is 12.2 Å². The fourth-order valence-corrected chi connectivity index (χ4v) is 5.80. The lowest BCUT2D eigenvalue weighted by atomic mass is 10.1. The fraction of sp³-hybridized carbons (Fsp3) is 0.674. The van der Waals surface area contributed by atoms with Crippen molar-refractivity contribution in [2.75, 3.05) is 6.54 Å². The average Bonchev–Trinajstić information content (AvgIpc) is 3.14. The maximum Gasteiger partial charge on any atom is 0.326 e. The highest BCUT2D eigenvalue weighted by Crippen LogP contribution is 2.14. The van der Waals surface area contributed by atoms with Crippen molar-refractivity contribution >= 4 is 17.8 Å². The van der Waals surface area contributed by atoms with Gasteiger partial charge in [-0.15, -0.1) is 0 Å². The Morgan fingerprint density at radius 1 is 0.585 bits per heavy atom. The van der Waals surface area contributed by atoms with Crippen LogP contribution in [-0.4, -0.2) is 41.6 Å². The van der Waals surface area contributed by atoms with Crippen molar-refractivity contribution in [2.24, 2.45) is 5.73 Å². The number of carboxylic acids is 1. The SMILES string of the molecule is CC/C=C\C/C=C\C/C=C\C/C=C\C/C=C\C(CCCCC(=O)NC(CCCN)C(=O)O)OC(=O)CCCCCCC/C=C\CCCCCCCCC. The Balaban J connectivity index is 4.55. The standard InChI is InChI=1S/C46H78N2O5/c1-3-5-7-9-11-13-15-17-19-20-22-24-26-28-30-32-40-45(50)53-42(37-33-34-39-44(49)48-43(46(51)52)38-35-41-47)36-31-29-27-25-23-21-18-16-14-12-10-8-6-4-2/h6,8,12,14,18-21,25,27,31,36,42-43H,3-5,7,9-11,13,15-17,22-24,26,28-30,32-35,37-41,47H2,1-2H3,(H,48,49)(H,51,52)/b8-6-,14-12-,20-19-,21-18-,27-25-,36-31-. The summed E-state index contributed by atoms with van der Waals surface area (Å²) in [6.45, 7) is 4.78. The number of nitrogens with one attached hydrogen (secondary N) is 1. The first-order valence-electron chi connectivity index (χ1n) is 21.3. The molecule has 0 bridgehead atoms. The Bertz CT molecular complexity index is 1060. The third-order valence-corrected chi connectivity index (χ3v) is 8.99. The lowest BCUT2D eigenvalue weighted by Crippen LogP contribution is -2.40. The lowest BCUT2D eigenvalue weighted by Gasteiger charge is -2.16. The van der Waals surface area contributed by atoms with Crippen molar-refractivity contribution in [2.45, 2.75) is 193 Å². The molecule has 2 unspecified atom stereocenters. The molecule has 0 spiro atoms. The van der Waals surface area contributed by atoms with Crippen LogP contribution in [-0.2, 0) is 19.1 Å². The highest BCUT2D eigenvalue weighted by Gasteiger charge is 2.19. The van der Waals surface area contributed by atoms with Crippen LogP contribution in [0.4, 0.5) is 0 Å². The van der Waals surface area contributed by atoms with E-state index in [-0.39, 0.29) is 24.4 Å². The molecule has 0 aromatic rings. The van der Waals surface area contributed by atoms with Gasteiger partial charge in [-0.1, -0.05) is 138 Å². The monoisotopic (exact) mass is 739 g/mol. The minimum atomic E-state index is -1.04. The van der Waals surface area contributed by atoms with Gasteiger partial charge in [0.25, 0.3) is 0 Å². The lowest BCUT2D eigenvalue weighted by molar-refractivity contribution is -0.147. The molecule has 2 atom stereocenters. The van der Waals surface area contributed by atoms with Crippen LogP contribution in [0.25, 0.3) is 0 Å². The Morgan fingerprint density at radius 2 is 1.09 bits per heavy atom. The first-order valence-corrected chi connectivity index (χ1v) is 21.3. The van der Waals surface area contributed by atoms with Gasteiger partial charge in [0.05, 0.1) is 0 Å². The van der Waals surface area contributed by atoms with E-state index in [0.717, 1.165) is 57.8 Å². The summed E-state index contributed by atoms with van der Waals surface area (Å²) >= 11 is 0. The number of amides is 1. The summed E-state index contributed by atoms with van der Waals surface area (Å²) in [6.07, 6.45) is 50.9. The number of aliphatic carboxylic acids is 1. The van der Waals surface area contributed by atoms with Gasteiger partial charge in [0.2, 0.25) is 5.91 Å². The predicted molar refractivity (Wildman–Crippen MR) is 225 cm³/mol. The maximum absolute atomic E-state index is 12.7. The Kier molecular flexibility index (Phi) is 37.6. The smallest absolute Gasteiger partial charge is 0.326 e. The van der Waals surface area contributed by atoms with Crippen molar-refractivity contribution in [3.63, 3.8) is 0 Å². The number of unbranched alkanes of at least 4 members (excludes halogenated alkanes) is 13. The number of ether oxygens (including phenoxy) is 1. The molecule has 0 fully saturated rings. The number of esters is 1. The van der Waals surface area contributed by atoms with Gasteiger partial charge in [-0.2, -0.15) is 0 Å². The molecule has 0 aliphatic heterocycles. The molecule has 4 N–H and O–H groups in total. The first-order chi connectivity index (χ1) is 25.9. The second-order valence-corrected chi connectivity index (χ2v) is 14.0. The second kappa shape index (κ2) is 40.0. The maximum atomic E-state index is 12.7. The van der Waals surface area contributed by atoms with E-state index in [2.05, 4.69) is 79.9 Å². The molecule has 0 aliphatic rings. The van der Waals surface area contributed by atoms with Crippen molar-refractivity contribution in [1.29, 1.82) is 0 Å². The molecule has 0 aromatic carbocycles. The number of hydrogen-bond donors (Lipinski definition) is 3. The quantitative estimate of drug-likeness (QED) is 0.0332. The normalized spacial score (nSPS) is 13.4. The number of allylic oxidation sites excluding steroid dienone is 11. The summed E-state index contributed by atoms with van der Waals surface area (Å²) in [5.41, 5.74) is 5.50. The van der Waals surface area contributed by atoms with E-state index >= 15 is 0 Å². The minimum Gasteiger partial charge on any atom is -0.480 e. The molecular formula is C46H78N2O5. The summed E-state index contributed by atoms with van der Waals surface area (Å²) in [7, 11) is 0. The Morgan fingerprint density at radius 3 is 1.64 bits per heavy atom. The average molecular weight is 739 g/mol. The van der Waals surface area contributed by atoms with Crippen molar-refractivity contribution < 1.29 is 24.2 Å². The molecule has 7 heteroatoms. The molecule has 0 radical (unpaired) electrons. The van der Waals surface area contributed by atoms with Crippen LogP contribution in [0, 0.1) is 0 Å². The van der Waals surface area contributed by atoms with E-state index in [0.29, 0.717) is 45.1 Å². The molecule has 1 amide bonds. The molecule has 0 saturated heterocycles. The van der Waals surface area contributed by atoms with E-state index in [1.165, 1.54) is 64.2 Å². The van der Waals surface area contributed by atoms with Crippen LogP contribution in [0.2, 0.25) is 0 Å². The summed E-state index contributed by atoms with van der Waals surface area (Å²) in [4.78, 5) is 36.5. The third-order valence-electron chi connectivity index (χ3n) is 8.99. The van der Waals surface area contributed by atoms with Crippen LogP contribution in [0.3, 0.4) is 0 Å². The number of rotatable bonds is 37. The van der Waals surface area contributed by atoms with Crippen molar-refractivity contribution in [3.05, 3.63) is 72.9 Å². The van der Waals surface area contributed by atoms with Crippen LogP contribution >= 0.6 is 0 Å². The van der Waals surface area contributed by atoms with Gasteiger partial charge in [-0.3, -0.25) is 9.59 Å². The number of carboxylic acid groups (broad SMARTS) is 1. The highest BCUT2D eigenvalue weighted by molar-refractivity contribution is 5.83. The van der Waals surface area contributed by atoms with Gasteiger partial charge < -0.3 is 20.9 Å². The molecule has 0 heterocycles. The Labute approximate surface area is 324 Å². The summed E-state index contributed by atoms with van der Waals surface area (Å²) < 4.78 is 5.86. The molecule has 7 nitrogen and oxygen atoms in total. The second-order valence-electron chi connectivity index (χ2n) is 14.0. The van der Waals surface area contributed by atoms with E-state index in [1.54, 1.807) is 0 Å². The largest absolute Gasteiger partial charge is 0.480 e. The molecule has 0 rings (SSSR count). The number of hydrogen-bond acceptors (Lipinski definition) is 5. The molecule has 0 aliphatic carbocycles. The summed E-state index contributed by atoms with van der Waals surface area (Å²) in [5, 5.41) is 12.0. The van der Waals surface area contributed by atoms with Gasteiger partial charge >= 0.3 is 11.9 Å². The van der Waals surface area contributed by atoms with Crippen molar-refractivity contribution in [3.8, 4) is 0 Å². The fourth-order valence-electron chi connectivity index (χ4n) is 5.80. The van der Waals surface area contributed by atoms with Crippen molar-refractivity contribution in [1.82, 2.24) is 5.32 Å².